The lowest BCUT2D eigenvalue weighted by Crippen LogP contribution is -2.44. The Kier molecular flexibility index (Phi) is 6.24. The van der Waals surface area contributed by atoms with Crippen molar-refractivity contribution in [3.63, 3.8) is 0 Å². The van der Waals surface area contributed by atoms with Crippen LogP contribution in [0.4, 0.5) is 0 Å². The predicted molar refractivity (Wildman–Crippen MR) is 83.3 cm³/mol. The molecule has 4 nitrogen and oxygen atoms in total. The van der Waals surface area contributed by atoms with Crippen molar-refractivity contribution in [3.8, 4) is 11.8 Å². The first kappa shape index (κ1) is 16.0. The highest BCUT2D eigenvalue weighted by Crippen LogP contribution is 2.28. The topological polar surface area (TPSA) is 60.8 Å². The third kappa shape index (κ3) is 4.31. The molecule has 1 aromatic rings. The van der Waals surface area contributed by atoms with Gasteiger partial charge in [0.15, 0.2) is 0 Å². The van der Waals surface area contributed by atoms with Crippen molar-refractivity contribution in [1.29, 1.82) is 0 Å². The van der Waals surface area contributed by atoms with E-state index in [2.05, 4.69) is 11.8 Å². The maximum atomic E-state index is 12.6. The first-order valence-corrected chi connectivity index (χ1v) is 8.19. The quantitative estimate of drug-likeness (QED) is 0.789. The van der Waals surface area contributed by atoms with Crippen molar-refractivity contribution >= 4 is 17.2 Å². The van der Waals surface area contributed by atoms with E-state index in [4.69, 9.17) is 10.2 Å². The molecule has 2 N–H and O–H groups in total. The molecular weight excluding hydrogens is 286 g/mol. The number of nitrogens with zero attached hydrogens (tertiary/aromatic N) is 1. The Labute approximate surface area is 129 Å². The molecule has 1 aliphatic carbocycles. The maximum absolute atomic E-state index is 12.6. The van der Waals surface area contributed by atoms with Crippen molar-refractivity contribution in [2.24, 2.45) is 0 Å². The Bertz CT molecular complexity index is 525. The highest BCUT2D eigenvalue weighted by atomic mass is 32.1. The van der Waals surface area contributed by atoms with Crippen LogP contribution in [0.3, 0.4) is 0 Å². The molecular formula is C16H21NO3S. The number of aliphatic hydroxyl groups is 2. The molecule has 114 valence electrons. The van der Waals surface area contributed by atoms with E-state index in [0.29, 0.717) is 30.3 Å². The van der Waals surface area contributed by atoms with E-state index in [1.807, 2.05) is 17.0 Å². The molecule has 5 heteroatoms. The lowest BCUT2D eigenvalue weighted by molar-refractivity contribution is 0.0567. The minimum atomic E-state index is 0.0494. The number of thiophene rings is 1. The minimum Gasteiger partial charge on any atom is -0.396 e. The van der Waals surface area contributed by atoms with Crippen molar-refractivity contribution in [3.05, 3.63) is 21.9 Å². The highest BCUT2D eigenvalue weighted by Gasteiger charge is 2.29. The molecule has 0 spiro atoms. The number of carbonyl (C=O) groups excluding carboxylic acids is 1. The van der Waals surface area contributed by atoms with Crippen LogP contribution in [0.1, 0.15) is 46.7 Å². The van der Waals surface area contributed by atoms with Gasteiger partial charge in [0.05, 0.1) is 16.4 Å². The number of rotatable bonds is 6. The van der Waals surface area contributed by atoms with Gasteiger partial charge in [-0.2, -0.15) is 0 Å². The zero-order chi connectivity index (χ0) is 15.1. The van der Waals surface area contributed by atoms with Gasteiger partial charge in [-0.15, -0.1) is 11.3 Å². The van der Waals surface area contributed by atoms with Crippen molar-refractivity contribution < 1.29 is 15.0 Å². The summed E-state index contributed by atoms with van der Waals surface area (Å²) in [6.07, 6.45) is 4.37. The summed E-state index contributed by atoms with van der Waals surface area (Å²) < 4.78 is 0. The average Bonchev–Trinajstić information content (AvgIpc) is 2.89. The Balaban J connectivity index is 2.04. The third-order valence-corrected chi connectivity index (χ3v) is 4.59. The fraction of sp³-hybridized carbons (Fsp3) is 0.562. The van der Waals surface area contributed by atoms with Crippen molar-refractivity contribution in [2.45, 2.75) is 38.1 Å². The van der Waals surface area contributed by atoms with E-state index in [9.17, 15) is 4.79 Å². The van der Waals surface area contributed by atoms with E-state index in [-0.39, 0.29) is 19.1 Å². The van der Waals surface area contributed by atoms with Crippen molar-refractivity contribution in [1.82, 2.24) is 4.90 Å². The summed E-state index contributed by atoms with van der Waals surface area (Å²) in [6.45, 7) is 0.781. The summed E-state index contributed by atoms with van der Waals surface area (Å²) in [5, 5.41) is 17.7. The molecule has 0 aliphatic heterocycles. The van der Waals surface area contributed by atoms with Gasteiger partial charge in [-0.1, -0.05) is 11.8 Å². The number of carbonyl (C=O) groups is 1. The fourth-order valence-corrected chi connectivity index (χ4v) is 3.09. The van der Waals surface area contributed by atoms with Crippen LogP contribution in [0.5, 0.6) is 0 Å². The summed E-state index contributed by atoms with van der Waals surface area (Å²) in [4.78, 5) is 16.0. The van der Waals surface area contributed by atoms with Gasteiger partial charge in [-0.25, -0.2) is 0 Å². The normalized spacial score (nSPS) is 14.2. The monoisotopic (exact) mass is 307 g/mol. The van der Waals surface area contributed by atoms with Crippen molar-refractivity contribution in [2.75, 3.05) is 19.8 Å². The van der Waals surface area contributed by atoms with Crippen LogP contribution in [-0.2, 0) is 0 Å². The number of amides is 1. The van der Waals surface area contributed by atoms with E-state index >= 15 is 0 Å². The molecule has 1 amide bonds. The molecule has 0 bridgehead atoms. The van der Waals surface area contributed by atoms with Crippen LogP contribution in [0.2, 0.25) is 0 Å². The van der Waals surface area contributed by atoms with Crippen LogP contribution in [0, 0.1) is 11.8 Å². The molecule has 1 heterocycles. The van der Waals surface area contributed by atoms with E-state index in [0.717, 1.165) is 17.7 Å². The van der Waals surface area contributed by atoms with Gasteiger partial charge < -0.3 is 15.1 Å². The molecule has 0 aromatic carbocycles. The number of hydrogen-bond acceptors (Lipinski definition) is 4. The van der Waals surface area contributed by atoms with Crippen LogP contribution in [0.15, 0.2) is 12.1 Å². The predicted octanol–water partition coefficient (Wildman–Crippen LogP) is 1.86. The Hall–Kier alpha value is -1.35. The van der Waals surface area contributed by atoms with Gasteiger partial charge in [0, 0.05) is 25.6 Å². The summed E-state index contributed by atoms with van der Waals surface area (Å²) in [5.74, 6) is 5.87. The highest BCUT2D eigenvalue weighted by molar-refractivity contribution is 7.14. The Morgan fingerprint density at radius 3 is 2.76 bits per heavy atom. The lowest BCUT2D eigenvalue weighted by atomic mass is 9.91. The second-order valence-corrected chi connectivity index (χ2v) is 6.18. The molecule has 0 atom stereocenters. The smallest absolute Gasteiger partial charge is 0.264 e. The SMILES string of the molecule is O=C(c1ccc(C#CCCO)s1)N(CCCO)C1CCC1. The maximum Gasteiger partial charge on any atom is 0.264 e. The van der Waals surface area contributed by atoms with Crippen LogP contribution < -0.4 is 0 Å². The average molecular weight is 307 g/mol. The van der Waals surface area contributed by atoms with Crippen LogP contribution in [0.25, 0.3) is 0 Å². The van der Waals surface area contributed by atoms with Crippen LogP contribution >= 0.6 is 11.3 Å². The summed E-state index contributed by atoms with van der Waals surface area (Å²) >= 11 is 1.40. The van der Waals surface area contributed by atoms with E-state index in [1.54, 1.807) is 0 Å². The second-order valence-electron chi connectivity index (χ2n) is 5.10. The molecule has 0 saturated heterocycles. The molecule has 0 radical (unpaired) electrons. The molecule has 1 aromatic heterocycles. The minimum absolute atomic E-state index is 0.0494. The molecule has 21 heavy (non-hydrogen) atoms. The van der Waals surface area contributed by atoms with Gasteiger partial charge in [0.25, 0.3) is 5.91 Å². The molecule has 1 saturated carbocycles. The first-order valence-electron chi connectivity index (χ1n) is 7.37. The molecule has 1 fully saturated rings. The molecule has 2 rings (SSSR count). The van der Waals surface area contributed by atoms with Gasteiger partial charge in [0.2, 0.25) is 0 Å². The standard InChI is InChI=1S/C16H21NO3S/c18-11-2-1-7-14-8-9-15(21-14)16(20)17(10-4-12-19)13-5-3-6-13/h8-9,13,18-19H,2-6,10-12H2. The molecule has 1 aliphatic rings. The third-order valence-electron chi connectivity index (χ3n) is 3.60. The van der Waals surface area contributed by atoms with Gasteiger partial charge in [-0.3, -0.25) is 4.79 Å². The summed E-state index contributed by atoms with van der Waals surface area (Å²) in [6, 6.07) is 4.00. The number of hydrogen-bond donors (Lipinski definition) is 2. The van der Waals surface area contributed by atoms with E-state index in [1.165, 1.54) is 17.8 Å². The Morgan fingerprint density at radius 1 is 1.33 bits per heavy atom. The van der Waals surface area contributed by atoms with Gasteiger partial charge in [-0.05, 0) is 37.8 Å². The number of aliphatic hydroxyl groups excluding tert-OH is 2. The largest absolute Gasteiger partial charge is 0.396 e. The lowest BCUT2D eigenvalue weighted by Gasteiger charge is -2.37. The van der Waals surface area contributed by atoms with Gasteiger partial charge in [0.1, 0.15) is 0 Å². The summed E-state index contributed by atoms with van der Waals surface area (Å²) in [5.41, 5.74) is 0. The second kappa shape index (κ2) is 8.18. The Morgan fingerprint density at radius 2 is 2.14 bits per heavy atom. The zero-order valence-electron chi connectivity index (χ0n) is 12.0. The van der Waals surface area contributed by atoms with Crippen LogP contribution in [-0.4, -0.2) is 46.8 Å². The molecule has 0 unspecified atom stereocenters. The zero-order valence-corrected chi connectivity index (χ0v) is 12.9. The fourth-order valence-electron chi connectivity index (χ4n) is 2.26. The summed E-state index contributed by atoms with van der Waals surface area (Å²) in [7, 11) is 0. The first-order chi connectivity index (χ1) is 10.3. The van der Waals surface area contributed by atoms with Gasteiger partial charge >= 0.3 is 0 Å². The van der Waals surface area contributed by atoms with E-state index < -0.39 is 0 Å².